The van der Waals surface area contributed by atoms with Crippen LogP contribution in [-0.4, -0.2) is 32.2 Å². The molecule has 0 amide bonds. The molecule has 8 nitrogen and oxygen atoms in total. The molecule has 1 aromatic heterocycles. The maximum Gasteiger partial charge on any atom is 0.335 e. The number of thiocarbonyl (C=S) groups is 1. The molecule has 154 valence electrons. The van der Waals surface area contributed by atoms with E-state index in [2.05, 4.69) is 10.2 Å². The summed E-state index contributed by atoms with van der Waals surface area (Å²) in [6, 6.07) is 11.7. The van der Waals surface area contributed by atoms with E-state index in [1.165, 1.54) is 40.2 Å². The van der Waals surface area contributed by atoms with Gasteiger partial charge in [-0.1, -0.05) is 6.07 Å². The number of carbonyl (C=O) groups is 1. The number of nitrogens with one attached hydrogen (secondary N) is 1. The number of anilines is 1. The van der Waals surface area contributed by atoms with Gasteiger partial charge in [-0.2, -0.15) is 5.10 Å². The fourth-order valence-corrected chi connectivity index (χ4v) is 3.02. The molecule has 3 aromatic rings. The fourth-order valence-electron chi connectivity index (χ4n) is 2.87. The Morgan fingerprint density at radius 3 is 2.40 bits per heavy atom. The van der Waals surface area contributed by atoms with Crippen molar-refractivity contribution in [1.29, 1.82) is 0 Å². The first kappa shape index (κ1) is 21.0. The SMILES string of the molecule is Cc1ccc(-n2[nH]c(C)c(C=NN(C(N)=S)c3ccc(C(=O)O)cc3)c2=O)cc1C. The molecule has 0 aliphatic rings. The number of rotatable bonds is 5. The van der Waals surface area contributed by atoms with E-state index in [1.807, 2.05) is 32.0 Å². The van der Waals surface area contributed by atoms with Gasteiger partial charge in [-0.05, 0) is 80.5 Å². The van der Waals surface area contributed by atoms with E-state index < -0.39 is 5.97 Å². The van der Waals surface area contributed by atoms with Crippen LogP contribution in [0, 0.1) is 20.8 Å². The minimum absolute atomic E-state index is 0.0444. The maximum absolute atomic E-state index is 12.9. The predicted molar refractivity (Wildman–Crippen MR) is 121 cm³/mol. The van der Waals surface area contributed by atoms with Crippen LogP contribution in [-0.2, 0) is 0 Å². The molecule has 0 atom stereocenters. The lowest BCUT2D eigenvalue weighted by Gasteiger charge is -2.16. The molecule has 0 saturated heterocycles. The molecule has 3 rings (SSSR count). The van der Waals surface area contributed by atoms with Gasteiger partial charge in [-0.3, -0.25) is 9.89 Å². The quantitative estimate of drug-likeness (QED) is 0.330. The molecule has 0 spiro atoms. The summed E-state index contributed by atoms with van der Waals surface area (Å²) in [6.45, 7) is 5.76. The number of carboxylic acid groups (broad SMARTS) is 1. The van der Waals surface area contributed by atoms with Gasteiger partial charge in [0.05, 0.1) is 28.7 Å². The average Bonchev–Trinajstić information content (AvgIpc) is 2.98. The van der Waals surface area contributed by atoms with Crippen molar-refractivity contribution in [2.24, 2.45) is 10.8 Å². The Labute approximate surface area is 178 Å². The number of H-pyrrole nitrogens is 1. The van der Waals surface area contributed by atoms with Crippen LogP contribution in [0.25, 0.3) is 5.69 Å². The van der Waals surface area contributed by atoms with Crippen molar-refractivity contribution in [3.05, 3.63) is 80.8 Å². The van der Waals surface area contributed by atoms with Gasteiger partial charge >= 0.3 is 5.97 Å². The summed E-state index contributed by atoms with van der Waals surface area (Å²) in [5, 5.41) is 17.6. The number of aromatic nitrogens is 2. The van der Waals surface area contributed by atoms with Gasteiger partial charge in [0.25, 0.3) is 5.56 Å². The first-order valence-corrected chi connectivity index (χ1v) is 9.46. The second-order valence-corrected chi connectivity index (χ2v) is 7.22. The lowest BCUT2D eigenvalue weighted by Crippen LogP contribution is -2.31. The summed E-state index contributed by atoms with van der Waals surface area (Å²) in [6.07, 6.45) is 1.38. The molecule has 30 heavy (non-hydrogen) atoms. The molecule has 2 aromatic carbocycles. The molecule has 0 aliphatic carbocycles. The summed E-state index contributed by atoms with van der Waals surface area (Å²) in [7, 11) is 0. The van der Waals surface area contributed by atoms with Crippen molar-refractivity contribution in [2.45, 2.75) is 20.8 Å². The van der Waals surface area contributed by atoms with E-state index in [-0.39, 0.29) is 16.2 Å². The number of aromatic amines is 1. The zero-order valence-electron chi connectivity index (χ0n) is 16.7. The van der Waals surface area contributed by atoms with E-state index >= 15 is 0 Å². The smallest absolute Gasteiger partial charge is 0.335 e. The Bertz CT molecular complexity index is 1210. The van der Waals surface area contributed by atoms with Gasteiger partial charge in [0.2, 0.25) is 0 Å². The first-order chi connectivity index (χ1) is 14.2. The summed E-state index contributed by atoms with van der Waals surface area (Å²) in [5.74, 6) is -1.04. The number of carboxylic acids is 1. The van der Waals surface area contributed by atoms with Crippen LogP contribution in [0.3, 0.4) is 0 Å². The van der Waals surface area contributed by atoms with E-state index in [0.29, 0.717) is 16.9 Å². The summed E-state index contributed by atoms with van der Waals surface area (Å²) < 4.78 is 1.45. The Kier molecular flexibility index (Phi) is 5.84. The van der Waals surface area contributed by atoms with Crippen LogP contribution in [0.5, 0.6) is 0 Å². The lowest BCUT2D eigenvalue weighted by atomic mass is 10.1. The number of nitrogens with two attached hydrogens (primary N) is 1. The minimum Gasteiger partial charge on any atom is -0.478 e. The molecule has 4 N–H and O–H groups in total. The number of nitrogens with zero attached hydrogens (tertiary/aromatic N) is 3. The van der Waals surface area contributed by atoms with E-state index in [0.717, 1.165) is 16.8 Å². The van der Waals surface area contributed by atoms with E-state index in [4.69, 9.17) is 23.1 Å². The van der Waals surface area contributed by atoms with Gasteiger partial charge in [0, 0.05) is 5.69 Å². The molecule has 0 unspecified atom stereocenters. The molecular weight excluding hydrogens is 402 g/mol. The third-order valence-corrected chi connectivity index (χ3v) is 4.91. The van der Waals surface area contributed by atoms with Crippen molar-refractivity contribution in [3.8, 4) is 5.69 Å². The van der Waals surface area contributed by atoms with Crippen LogP contribution in [0.2, 0.25) is 0 Å². The highest BCUT2D eigenvalue weighted by molar-refractivity contribution is 7.80. The predicted octanol–water partition coefficient (Wildman–Crippen LogP) is 2.87. The van der Waals surface area contributed by atoms with Gasteiger partial charge in [0.15, 0.2) is 5.11 Å². The molecule has 0 bridgehead atoms. The van der Waals surface area contributed by atoms with Crippen molar-refractivity contribution in [2.75, 3.05) is 5.01 Å². The standard InChI is InChI=1S/C21H21N5O3S/c1-12-4-7-17(10-13(12)2)25-19(27)18(14(3)24-25)11-23-26(21(22)30)16-8-5-15(6-9-16)20(28)29/h4-11,24H,1-3H3,(H2,22,30)(H,28,29). The largest absolute Gasteiger partial charge is 0.478 e. The Morgan fingerprint density at radius 1 is 1.17 bits per heavy atom. The van der Waals surface area contributed by atoms with Gasteiger partial charge in [0.1, 0.15) is 0 Å². The third-order valence-electron chi connectivity index (χ3n) is 4.74. The van der Waals surface area contributed by atoms with Crippen LogP contribution in [0.1, 0.15) is 32.7 Å². The van der Waals surface area contributed by atoms with Crippen LogP contribution < -0.4 is 16.3 Å². The first-order valence-electron chi connectivity index (χ1n) is 9.05. The highest BCUT2D eigenvalue weighted by Gasteiger charge is 2.14. The topological polar surface area (TPSA) is 117 Å². The third kappa shape index (κ3) is 4.15. The molecule has 1 heterocycles. The highest BCUT2D eigenvalue weighted by atomic mass is 32.1. The summed E-state index contributed by atoms with van der Waals surface area (Å²) in [5.41, 5.74) is 10.0. The number of hydrogen-bond donors (Lipinski definition) is 3. The van der Waals surface area contributed by atoms with Gasteiger partial charge in [-0.15, -0.1) is 0 Å². The van der Waals surface area contributed by atoms with E-state index in [1.54, 1.807) is 6.92 Å². The number of hydrazone groups is 1. The minimum atomic E-state index is -1.04. The molecule has 0 fully saturated rings. The monoisotopic (exact) mass is 423 g/mol. The zero-order valence-corrected chi connectivity index (χ0v) is 17.5. The van der Waals surface area contributed by atoms with Gasteiger partial charge in [-0.25, -0.2) is 14.5 Å². The second kappa shape index (κ2) is 8.34. The Hall–Kier alpha value is -3.72. The van der Waals surface area contributed by atoms with Crippen molar-refractivity contribution < 1.29 is 9.90 Å². The summed E-state index contributed by atoms with van der Waals surface area (Å²) in [4.78, 5) is 23.9. The molecule has 0 saturated carbocycles. The number of aromatic carboxylic acids is 1. The second-order valence-electron chi connectivity index (χ2n) is 6.81. The fraction of sp³-hybridized carbons (Fsp3) is 0.143. The molecular formula is C21H21N5O3S. The number of benzene rings is 2. The zero-order chi connectivity index (χ0) is 22.0. The molecule has 0 radical (unpaired) electrons. The maximum atomic E-state index is 12.9. The van der Waals surface area contributed by atoms with Crippen molar-refractivity contribution in [3.63, 3.8) is 0 Å². The summed E-state index contributed by atoms with van der Waals surface area (Å²) >= 11 is 5.06. The van der Waals surface area contributed by atoms with Crippen molar-refractivity contribution in [1.82, 2.24) is 9.78 Å². The number of hydrogen-bond acceptors (Lipinski definition) is 4. The molecule has 9 heteroatoms. The van der Waals surface area contributed by atoms with Crippen LogP contribution >= 0.6 is 12.2 Å². The highest BCUT2D eigenvalue weighted by Crippen LogP contribution is 2.17. The van der Waals surface area contributed by atoms with Crippen molar-refractivity contribution >= 4 is 35.2 Å². The molecule has 0 aliphatic heterocycles. The Morgan fingerprint density at radius 2 is 1.83 bits per heavy atom. The average molecular weight is 423 g/mol. The van der Waals surface area contributed by atoms with Crippen LogP contribution in [0.4, 0.5) is 5.69 Å². The van der Waals surface area contributed by atoms with Crippen LogP contribution in [0.15, 0.2) is 52.4 Å². The van der Waals surface area contributed by atoms with E-state index in [9.17, 15) is 9.59 Å². The van der Waals surface area contributed by atoms with Gasteiger partial charge < -0.3 is 10.8 Å². The Balaban J connectivity index is 1.96. The normalized spacial score (nSPS) is 11.0. The number of aryl methyl sites for hydroxylation is 3. The lowest BCUT2D eigenvalue weighted by molar-refractivity contribution is 0.0697.